The van der Waals surface area contributed by atoms with E-state index in [1.807, 2.05) is 18.2 Å². The molecule has 0 saturated carbocycles. The van der Waals surface area contributed by atoms with E-state index in [2.05, 4.69) is 10.0 Å². The van der Waals surface area contributed by atoms with Crippen LogP contribution in [0.5, 0.6) is 0 Å². The summed E-state index contributed by atoms with van der Waals surface area (Å²) in [6.07, 6.45) is 0.331. The molecule has 0 spiro atoms. The maximum absolute atomic E-state index is 12.1. The highest BCUT2D eigenvalue weighted by molar-refractivity contribution is 7.90. The summed E-state index contributed by atoms with van der Waals surface area (Å²) in [6, 6.07) is 12.6. The Hall–Kier alpha value is -2.09. The Labute approximate surface area is 152 Å². The molecule has 3 rings (SSSR count). The van der Waals surface area contributed by atoms with Crippen LogP contribution in [0.2, 0.25) is 5.02 Å². The first-order chi connectivity index (χ1) is 11.8. The minimum atomic E-state index is -3.61. The van der Waals surface area contributed by atoms with Crippen molar-refractivity contribution in [2.75, 3.05) is 24.1 Å². The molecule has 8 heteroatoms. The fourth-order valence-electron chi connectivity index (χ4n) is 2.76. The minimum Gasteiger partial charge on any atom is -0.326 e. The van der Waals surface area contributed by atoms with Gasteiger partial charge in [0.15, 0.2) is 0 Å². The number of nitrogens with zero attached hydrogens (tertiary/aromatic N) is 1. The summed E-state index contributed by atoms with van der Waals surface area (Å²) in [4.78, 5) is 12.1. The molecule has 1 unspecified atom stereocenters. The first-order valence-corrected chi connectivity index (χ1v) is 9.47. The van der Waals surface area contributed by atoms with E-state index in [1.165, 1.54) is 14.1 Å². The zero-order valence-corrected chi connectivity index (χ0v) is 15.4. The third-order valence-corrected chi connectivity index (χ3v) is 5.80. The van der Waals surface area contributed by atoms with Gasteiger partial charge in [-0.15, -0.1) is 0 Å². The molecule has 2 aromatic carbocycles. The smallest absolute Gasteiger partial charge is 0.301 e. The molecule has 0 aliphatic carbocycles. The maximum atomic E-state index is 12.1. The Bertz CT molecular complexity index is 911. The molecule has 0 aromatic heterocycles. The van der Waals surface area contributed by atoms with Crippen molar-refractivity contribution in [3.05, 3.63) is 58.6 Å². The predicted octanol–water partition coefficient (Wildman–Crippen LogP) is 3.03. The van der Waals surface area contributed by atoms with Crippen LogP contribution in [0.1, 0.15) is 23.5 Å². The van der Waals surface area contributed by atoms with E-state index in [9.17, 15) is 13.2 Å². The van der Waals surface area contributed by atoms with E-state index < -0.39 is 10.2 Å². The third-order valence-electron chi connectivity index (χ3n) is 4.09. The number of carbonyl (C=O) groups is 1. The summed E-state index contributed by atoms with van der Waals surface area (Å²) >= 11 is 5.94. The van der Waals surface area contributed by atoms with E-state index in [0.717, 1.165) is 15.4 Å². The van der Waals surface area contributed by atoms with Crippen LogP contribution >= 0.6 is 11.6 Å². The van der Waals surface area contributed by atoms with Crippen LogP contribution in [-0.4, -0.2) is 32.7 Å². The predicted molar refractivity (Wildman–Crippen MR) is 99.2 cm³/mol. The fourth-order valence-corrected chi connectivity index (χ4v) is 3.49. The summed E-state index contributed by atoms with van der Waals surface area (Å²) in [5.74, 6) is -0.208. The molecule has 1 amide bonds. The quantitative estimate of drug-likeness (QED) is 0.857. The highest BCUT2D eigenvalue weighted by Crippen LogP contribution is 2.38. The molecule has 0 fully saturated rings. The van der Waals surface area contributed by atoms with Crippen molar-refractivity contribution in [3.63, 3.8) is 0 Å². The summed E-state index contributed by atoms with van der Waals surface area (Å²) in [6.45, 7) is 0. The SMILES string of the molecule is CN(C)S(=O)(=O)Nc1ccc2c(c1)NC(=O)CC2c1ccc(Cl)cc1. The topological polar surface area (TPSA) is 78.5 Å². The maximum Gasteiger partial charge on any atom is 0.301 e. The molecule has 0 bridgehead atoms. The molecule has 1 heterocycles. The van der Waals surface area contributed by atoms with Crippen molar-refractivity contribution in [2.45, 2.75) is 12.3 Å². The monoisotopic (exact) mass is 379 g/mol. The molecule has 132 valence electrons. The van der Waals surface area contributed by atoms with E-state index in [1.54, 1.807) is 24.3 Å². The van der Waals surface area contributed by atoms with E-state index >= 15 is 0 Å². The second-order valence-electron chi connectivity index (χ2n) is 6.05. The van der Waals surface area contributed by atoms with Gasteiger partial charge in [-0.25, -0.2) is 0 Å². The average molecular weight is 380 g/mol. The summed E-state index contributed by atoms with van der Waals surface area (Å²) in [5.41, 5.74) is 2.93. The van der Waals surface area contributed by atoms with Gasteiger partial charge in [0.25, 0.3) is 0 Å². The lowest BCUT2D eigenvalue weighted by molar-refractivity contribution is -0.116. The number of benzene rings is 2. The first-order valence-electron chi connectivity index (χ1n) is 7.66. The Morgan fingerprint density at radius 2 is 1.84 bits per heavy atom. The van der Waals surface area contributed by atoms with Gasteiger partial charge in [-0.2, -0.15) is 12.7 Å². The van der Waals surface area contributed by atoms with Gasteiger partial charge in [-0.05, 0) is 35.4 Å². The number of amides is 1. The van der Waals surface area contributed by atoms with Gasteiger partial charge < -0.3 is 5.32 Å². The lowest BCUT2D eigenvalue weighted by Crippen LogP contribution is -2.29. The number of fused-ring (bicyclic) bond motifs is 1. The number of halogens is 1. The lowest BCUT2D eigenvalue weighted by atomic mass is 9.85. The molecule has 1 atom stereocenters. The minimum absolute atomic E-state index is 0.0967. The van der Waals surface area contributed by atoms with Gasteiger partial charge in [-0.1, -0.05) is 29.8 Å². The molecule has 0 radical (unpaired) electrons. The molecule has 1 aliphatic heterocycles. The number of hydrogen-bond acceptors (Lipinski definition) is 3. The van der Waals surface area contributed by atoms with Gasteiger partial charge in [0.05, 0.1) is 5.69 Å². The molecular weight excluding hydrogens is 362 g/mol. The van der Waals surface area contributed by atoms with Crippen molar-refractivity contribution >= 4 is 39.1 Å². The zero-order valence-electron chi connectivity index (χ0n) is 13.8. The fraction of sp³-hybridized carbons (Fsp3) is 0.235. The van der Waals surface area contributed by atoms with E-state index in [0.29, 0.717) is 22.8 Å². The largest absolute Gasteiger partial charge is 0.326 e. The number of hydrogen-bond donors (Lipinski definition) is 2. The number of carbonyl (C=O) groups excluding carboxylic acids is 1. The Morgan fingerprint density at radius 3 is 2.48 bits per heavy atom. The molecular formula is C17H18ClN3O3S. The third kappa shape index (κ3) is 3.78. The van der Waals surface area contributed by atoms with Gasteiger partial charge in [0.1, 0.15) is 0 Å². The second-order valence-corrected chi connectivity index (χ2v) is 8.37. The van der Waals surface area contributed by atoms with Crippen LogP contribution in [0, 0.1) is 0 Å². The van der Waals surface area contributed by atoms with Crippen LogP contribution in [0.15, 0.2) is 42.5 Å². The van der Waals surface area contributed by atoms with Crippen molar-refractivity contribution in [1.82, 2.24) is 4.31 Å². The summed E-state index contributed by atoms with van der Waals surface area (Å²) in [5, 5.41) is 3.45. The Morgan fingerprint density at radius 1 is 1.16 bits per heavy atom. The van der Waals surface area contributed by atoms with Crippen molar-refractivity contribution in [3.8, 4) is 0 Å². The second kappa shape index (κ2) is 6.67. The summed E-state index contributed by atoms with van der Waals surface area (Å²) in [7, 11) is -0.719. The lowest BCUT2D eigenvalue weighted by Gasteiger charge is -2.27. The highest BCUT2D eigenvalue weighted by atomic mass is 35.5. The van der Waals surface area contributed by atoms with Crippen LogP contribution in [0.3, 0.4) is 0 Å². The number of anilines is 2. The molecule has 2 N–H and O–H groups in total. The van der Waals surface area contributed by atoms with Crippen LogP contribution in [0.25, 0.3) is 0 Å². The van der Waals surface area contributed by atoms with Gasteiger partial charge in [0, 0.05) is 37.1 Å². The van der Waals surface area contributed by atoms with Gasteiger partial charge in [0.2, 0.25) is 5.91 Å². The van der Waals surface area contributed by atoms with Crippen molar-refractivity contribution in [2.24, 2.45) is 0 Å². The van der Waals surface area contributed by atoms with Crippen LogP contribution < -0.4 is 10.0 Å². The van der Waals surface area contributed by atoms with Crippen molar-refractivity contribution in [1.29, 1.82) is 0 Å². The Kier molecular flexibility index (Phi) is 4.73. The first kappa shape index (κ1) is 17.7. The Balaban J connectivity index is 1.97. The zero-order chi connectivity index (χ0) is 18.2. The number of nitrogens with one attached hydrogen (secondary N) is 2. The average Bonchev–Trinajstić information content (AvgIpc) is 2.54. The van der Waals surface area contributed by atoms with Gasteiger partial charge >= 0.3 is 10.2 Å². The molecule has 0 saturated heterocycles. The van der Waals surface area contributed by atoms with E-state index in [-0.39, 0.29) is 11.8 Å². The van der Waals surface area contributed by atoms with E-state index in [4.69, 9.17) is 11.6 Å². The molecule has 6 nitrogen and oxygen atoms in total. The molecule has 1 aliphatic rings. The van der Waals surface area contributed by atoms with Crippen LogP contribution in [-0.2, 0) is 15.0 Å². The van der Waals surface area contributed by atoms with Crippen LogP contribution in [0.4, 0.5) is 11.4 Å². The number of rotatable bonds is 4. The highest BCUT2D eigenvalue weighted by Gasteiger charge is 2.27. The molecule has 2 aromatic rings. The standard InChI is InChI=1S/C17H18ClN3O3S/c1-21(2)25(23,24)20-13-7-8-14-15(10-17(22)19-16(14)9-13)11-3-5-12(18)6-4-11/h3-9,15,20H,10H2,1-2H3,(H,19,22). The van der Waals surface area contributed by atoms with Crippen molar-refractivity contribution < 1.29 is 13.2 Å². The normalized spacial score (nSPS) is 17.1. The molecule has 25 heavy (non-hydrogen) atoms. The van der Waals surface area contributed by atoms with Gasteiger partial charge in [-0.3, -0.25) is 9.52 Å². The summed E-state index contributed by atoms with van der Waals surface area (Å²) < 4.78 is 27.5.